The highest BCUT2D eigenvalue weighted by Gasteiger charge is 2.27. The largest absolute Gasteiger partial charge is 0.271 e. The van der Waals surface area contributed by atoms with Crippen molar-refractivity contribution in [3.05, 3.63) is 58.6 Å². The van der Waals surface area contributed by atoms with Crippen molar-refractivity contribution in [3.63, 3.8) is 0 Å². The van der Waals surface area contributed by atoms with Crippen LogP contribution in [0.25, 0.3) is 0 Å². The van der Waals surface area contributed by atoms with E-state index in [9.17, 15) is 13.2 Å². The molecule has 1 N–H and O–H groups in total. The lowest BCUT2D eigenvalue weighted by molar-refractivity contribution is -0.119. The summed E-state index contributed by atoms with van der Waals surface area (Å²) in [5.41, 5.74) is 4.85. The van der Waals surface area contributed by atoms with Crippen LogP contribution >= 0.6 is 15.9 Å². The Morgan fingerprint density at radius 3 is 2.45 bits per heavy atom. The fourth-order valence-electron chi connectivity index (χ4n) is 3.16. The van der Waals surface area contributed by atoms with E-state index in [4.69, 9.17) is 0 Å². The summed E-state index contributed by atoms with van der Waals surface area (Å²) in [5.74, 6) is -0.473. The zero-order valence-electron chi connectivity index (χ0n) is 16.3. The molecule has 1 aliphatic rings. The van der Waals surface area contributed by atoms with Crippen molar-refractivity contribution in [2.24, 2.45) is 5.10 Å². The summed E-state index contributed by atoms with van der Waals surface area (Å²) in [6.45, 7) is 1.53. The first kappa shape index (κ1) is 21.5. The van der Waals surface area contributed by atoms with Crippen molar-refractivity contribution in [1.82, 2.24) is 5.43 Å². The molecule has 1 aliphatic carbocycles. The first-order valence-corrected chi connectivity index (χ1v) is 11.8. The second-order valence-electron chi connectivity index (χ2n) is 7.08. The molecule has 1 fully saturated rings. The van der Waals surface area contributed by atoms with Crippen LogP contribution in [0, 0.1) is 6.92 Å². The fourth-order valence-corrected chi connectivity index (χ4v) is 4.96. The molecule has 0 atom stereocenters. The number of halogens is 1. The highest BCUT2D eigenvalue weighted by atomic mass is 79.9. The van der Waals surface area contributed by atoms with Gasteiger partial charge in [0.2, 0.25) is 0 Å². The van der Waals surface area contributed by atoms with E-state index < -0.39 is 15.9 Å². The number of benzene rings is 2. The molecule has 1 amide bonds. The number of nitrogens with zero attached hydrogens (tertiary/aromatic N) is 2. The lowest BCUT2D eigenvalue weighted by Crippen LogP contribution is -2.39. The van der Waals surface area contributed by atoms with Crippen molar-refractivity contribution in [2.45, 2.75) is 43.9 Å². The number of hydrogen-bond donors (Lipinski definition) is 1. The second-order valence-corrected chi connectivity index (χ2v) is 9.86. The van der Waals surface area contributed by atoms with Gasteiger partial charge in [-0.25, -0.2) is 13.8 Å². The summed E-state index contributed by atoms with van der Waals surface area (Å²) in [6.07, 6.45) is 5.06. The van der Waals surface area contributed by atoms with Gasteiger partial charge in [-0.15, -0.1) is 0 Å². The normalized spacial score (nSPS) is 14.3. The summed E-state index contributed by atoms with van der Waals surface area (Å²) in [5, 5.41) is 4.20. The number of nitrogens with one attached hydrogen (secondary N) is 1. The zero-order valence-corrected chi connectivity index (χ0v) is 18.7. The minimum Gasteiger partial charge on any atom is -0.271 e. The minimum atomic E-state index is -3.92. The Morgan fingerprint density at radius 2 is 1.79 bits per heavy atom. The molecule has 3 rings (SSSR count). The summed E-state index contributed by atoms with van der Waals surface area (Å²) >= 11 is 3.37. The average Bonchev–Trinajstić information content (AvgIpc) is 2.71. The smallest absolute Gasteiger partial charge is 0.264 e. The summed E-state index contributed by atoms with van der Waals surface area (Å²) in [7, 11) is -3.92. The van der Waals surface area contributed by atoms with Gasteiger partial charge < -0.3 is 0 Å². The molecule has 1 saturated carbocycles. The van der Waals surface area contributed by atoms with Crippen LogP contribution in [0.5, 0.6) is 0 Å². The highest BCUT2D eigenvalue weighted by Crippen LogP contribution is 2.26. The molecule has 2 aromatic rings. The van der Waals surface area contributed by atoms with Gasteiger partial charge in [-0.2, -0.15) is 5.10 Å². The van der Waals surface area contributed by atoms with E-state index in [0.717, 1.165) is 45.7 Å². The summed E-state index contributed by atoms with van der Waals surface area (Å²) in [6, 6.07) is 13.4. The molecule has 0 radical (unpaired) electrons. The number of sulfonamides is 1. The maximum Gasteiger partial charge on any atom is 0.264 e. The number of hydrogen-bond acceptors (Lipinski definition) is 4. The molecule has 154 valence electrons. The van der Waals surface area contributed by atoms with Crippen molar-refractivity contribution >= 4 is 43.3 Å². The SMILES string of the molecule is Cc1ccc(S(=O)(=O)N(CC(=O)NN=C2CCCCC2)c2cccc(Br)c2)cc1. The number of aryl methyl sites for hydroxylation is 1. The van der Waals surface area contributed by atoms with Crippen molar-refractivity contribution in [1.29, 1.82) is 0 Å². The molecule has 0 spiro atoms. The van der Waals surface area contributed by atoms with Crippen LogP contribution in [0.15, 0.2) is 63.0 Å². The number of anilines is 1. The average molecular weight is 478 g/mol. The third-order valence-electron chi connectivity index (χ3n) is 4.76. The van der Waals surface area contributed by atoms with E-state index in [1.54, 1.807) is 48.5 Å². The van der Waals surface area contributed by atoms with Gasteiger partial charge in [-0.1, -0.05) is 46.1 Å². The Bertz CT molecular complexity index is 996. The van der Waals surface area contributed by atoms with Crippen LogP contribution in [0.4, 0.5) is 5.69 Å². The van der Waals surface area contributed by atoms with Gasteiger partial charge in [0.05, 0.1) is 10.6 Å². The maximum atomic E-state index is 13.3. The predicted molar refractivity (Wildman–Crippen MR) is 119 cm³/mol. The van der Waals surface area contributed by atoms with Gasteiger partial charge in [-0.05, 0) is 62.9 Å². The number of amides is 1. The van der Waals surface area contributed by atoms with Gasteiger partial charge in [0.15, 0.2) is 0 Å². The molecule has 0 heterocycles. The minimum absolute atomic E-state index is 0.134. The van der Waals surface area contributed by atoms with Crippen LogP contribution in [0.1, 0.15) is 37.7 Å². The molecule has 0 bridgehead atoms. The summed E-state index contributed by atoms with van der Waals surface area (Å²) in [4.78, 5) is 12.7. The molecule has 8 heteroatoms. The Balaban J connectivity index is 1.87. The molecular weight excluding hydrogens is 454 g/mol. The van der Waals surface area contributed by atoms with Gasteiger partial charge in [-0.3, -0.25) is 9.10 Å². The number of carbonyl (C=O) groups is 1. The van der Waals surface area contributed by atoms with E-state index in [0.29, 0.717) is 5.69 Å². The topological polar surface area (TPSA) is 78.8 Å². The second kappa shape index (κ2) is 9.54. The Morgan fingerprint density at radius 1 is 1.10 bits per heavy atom. The Hall–Kier alpha value is -2.19. The molecule has 0 aliphatic heterocycles. The van der Waals surface area contributed by atoms with Crippen LogP contribution in [-0.2, 0) is 14.8 Å². The van der Waals surface area contributed by atoms with Gasteiger partial charge in [0.1, 0.15) is 6.54 Å². The lowest BCUT2D eigenvalue weighted by Gasteiger charge is -2.24. The van der Waals surface area contributed by atoms with Crippen LogP contribution in [0.2, 0.25) is 0 Å². The Kier molecular flexibility index (Phi) is 7.08. The van der Waals surface area contributed by atoms with Crippen molar-refractivity contribution in [3.8, 4) is 0 Å². The molecule has 6 nitrogen and oxygen atoms in total. The summed E-state index contributed by atoms with van der Waals surface area (Å²) < 4.78 is 28.4. The third-order valence-corrected chi connectivity index (χ3v) is 7.04. The van der Waals surface area contributed by atoms with Crippen molar-refractivity contribution in [2.75, 3.05) is 10.8 Å². The highest BCUT2D eigenvalue weighted by molar-refractivity contribution is 9.10. The van der Waals surface area contributed by atoms with Crippen molar-refractivity contribution < 1.29 is 13.2 Å². The monoisotopic (exact) mass is 477 g/mol. The van der Waals surface area contributed by atoms with E-state index in [2.05, 4.69) is 26.5 Å². The molecule has 0 aromatic heterocycles. The maximum absolute atomic E-state index is 13.3. The standard InChI is InChI=1S/C21H24BrN3O3S/c1-16-10-12-20(13-11-16)29(27,28)25(19-9-5-6-17(22)14-19)15-21(26)24-23-18-7-3-2-4-8-18/h5-6,9-14H,2-4,7-8,15H2,1H3,(H,24,26). The quantitative estimate of drug-likeness (QED) is 0.626. The molecule has 0 unspecified atom stereocenters. The molecule has 0 saturated heterocycles. The number of hydrazone groups is 1. The van der Waals surface area contributed by atoms with Crippen LogP contribution in [-0.4, -0.2) is 26.6 Å². The van der Waals surface area contributed by atoms with Crippen LogP contribution < -0.4 is 9.73 Å². The number of rotatable bonds is 6. The van der Waals surface area contributed by atoms with Crippen LogP contribution in [0.3, 0.4) is 0 Å². The van der Waals surface area contributed by atoms with E-state index in [1.165, 1.54) is 6.42 Å². The van der Waals surface area contributed by atoms with E-state index in [1.807, 2.05) is 6.92 Å². The lowest BCUT2D eigenvalue weighted by atomic mass is 9.99. The van der Waals surface area contributed by atoms with Gasteiger partial charge in [0.25, 0.3) is 15.9 Å². The zero-order chi connectivity index (χ0) is 20.9. The van der Waals surface area contributed by atoms with Gasteiger partial charge in [0, 0.05) is 10.2 Å². The molecule has 29 heavy (non-hydrogen) atoms. The van der Waals surface area contributed by atoms with E-state index >= 15 is 0 Å². The number of carbonyl (C=O) groups excluding carboxylic acids is 1. The van der Waals surface area contributed by atoms with Gasteiger partial charge >= 0.3 is 0 Å². The third kappa shape index (κ3) is 5.67. The molecule has 2 aromatic carbocycles. The first-order chi connectivity index (χ1) is 13.9. The molecular formula is C21H24BrN3O3S. The van der Waals surface area contributed by atoms with E-state index in [-0.39, 0.29) is 11.4 Å². The Labute approximate surface area is 180 Å². The fraction of sp³-hybridized carbons (Fsp3) is 0.333. The first-order valence-electron chi connectivity index (χ1n) is 9.55. The predicted octanol–water partition coefficient (Wildman–Crippen LogP) is 4.39.